The summed E-state index contributed by atoms with van der Waals surface area (Å²) in [7, 11) is -0.412. The molecule has 1 amide bonds. The Kier molecular flexibility index (Phi) is 2.67. The molecule has 1 fully saturated rings. The monoisotopic (exact) mass is 257 g/mol. The zero-order chi connectivity index (χ0) is 13.6. The van der Waals surface area contributed by atoms with E-state index in [0.29, 0.717) is 12.2 Å². The number of carbonyl (C=O) groups is 1. The number of amides is 1. The van der Waals surface area contributed by atoms with Crippen molar-refractivity contribution in [2.24, 2.45) is 0 Å². The van der Waals surface area contributed by atoms with E-state index in [1.54, 1.807) is 0 Å². The number of anilines is 1. The summed E-state index contributed by atoms with van der Waals surface area (Å²) in [5.74, 6) is 0.714. The molecule has 0 aromatic heterocycles. The first-order chi connectivity index (χ1) is 8.95. The van der Waals surface area contributed by atoms with Gasteiger partial charge in [-0.05, 0) is 37.4 Å². The maximum absolute atomic E-state index is 11.3. The van der Waals surface area contributed by atoms with Gasteiger partial charge in [0, 0.05) is 12.1 Å². The van der Waals surface area contributed by atoms with Gasteiger partial charge < -0.3 is 14.6 Å². The van der Waals surface area contributed by atoms with Crippen molar-refractivity contribution >= 4 is 24.2 Å². The minimum absolute atomic E-state index is 0.0723. The van der Waals surface area contributed by atoms with E-state index in [-0.39, 0.29) is 5.91 Å². The normalized spacial score (nSPS) is 20.8. The lowest BCUT2D eigenvalue weighted by molar-refractivity contribution is -0.116. The second-order valence-electron chi connectivity index (χ2n) is 5.47. The number of benzene rings is 1. The average molecular weight is 257 g/mol. The number of hydrogen-bond acceptors (Lipinski definition) is 3. The van der Waals surface area contributed by atoms with Crippen molar-refractivity contribution in [1.29, 1.82) is 0 Å². The molecule has 0 bridgehead atoms. The van der Waals surface area contributed by atoms with Crippen LogP contribution in [-0.2, 0) is 20.5 Å². The van der Waals surface area contributed by atoms with Gasteiger partial charge in [-0.2, -0.15) is 0 Å². The lowest BCUT2D eigenvalue weighted by Crippen LogP contribution is -2.35. The average Bonchev–Trinajstić information content (AvgIpc) is 2.63. The lowest BCUT2D eigenvalue weighted by atomic mass is 9.77. The molecule has 2 aliphatic heterocycles. The fourth-order valence-corrected chi connectivity index (χ4v) is 2.31. The van der Waals surface area contributed by atoms with Crippen LogP contribution in [0.5, 0.6) is 0 Å². The van der Waals surface area contributed by atoms with Crippen LogP contribution in [-0.4, -0.2) is 18.6 Å². The summed E-state index contributed by atoms with van der Waals surface area (Å²) in [6, 6.07) is 5.86. The third-order valence-electron chi connectivity index (χ3n) is 3.62. The van der Waals surface area contributed by atoms with Crippen molar-refractivity contribution in [3.8, 4) is 0 Å². The SMILES string of the molecule is C=C1OB(c2ccc3c(c2)CCC(=O)N3)OC1(C)C. The highest BCUT2D eigenvalue weighted by Crippen LogP contribution is 2.30. The van der Waals surface area contributed by atoms with Crippen LogP contribution in [0.25, 0.3) is 0 Å². The molecule has 3 rings (SSSR count). The molecule has 5 heteroatoms. The Labute approximate surface area is 112 Å². The van der Waals surface area contributed by atoms with Crippen LogP contribution < -0.4 is 10.8 Å². The smallest absolute Gasteiger partial charge is 0.534 e. The molecule has 19 heavy (non-hydrogen) atoms. The second-order valence-corrected chi connectivity index (χ2v) is 5.47. The van der Waals surface area contributed by atoms with E-state index in [1.807, 2.05) is 32.0 Å². The van der Waals surface area contributed by atoms with E-state index in [9.17, 15) is 4.79 Å². The van der Waals surface area contributed by atoms with Gasteiger partial charge in [0.15, 0.2) is 0 Å². The van der Waals surface area contributed by atoms with Gasteiger partial charge in [-0.25, -0.2) is 0 Å². The van der Waals surface area contributed by atoms with Gasteiger partial charge in [0.05, 0.1) is 5.76 Å². The Hall–Kier alpha value is -1.75. The van der Waals surface area contributed by atoms with Crippen LogP contribution in [0.1, 0.15) is 25.8 Å². The molecule has 0 aliphatic carbocycles. The van der Waals surface area contributed by atoms with Crippen molar-refractivity contribution < 1.29 is 14.1 Å². The molecule has 0 spiro atoms. The first-order valence-corrected chi connectivity index (χ1v) is 6.42. The van der Waals surface area contributed by atoms with Crippen molar-refractivity contribution in [3.05, 3.63) is 36.1 Å². The van der Waals surface area contributed by atoms with Gasteiger partial charge in [-0.3, -0.25) is 4.79 Å². The van der Waals surface area contributed by atoms with Gasteiger partial charge in [0.25, 0.3) is 0 Å². The maximum Gasteiger partial charge on any atom is 0.563 e. The summed E-state index contributed by atoms with van der Waals surface area (Å²) in [6.07, 6.45) is 1.28. The third-order valence-corrected chi connectivity index (χ3v) is 3.62. The molecule has 0 atom stereocenters. The van der Waals surface area contributed by atoms with Gasteiger partial charge in [-0.1, -0.05) is 18.7 Å². The van der Waals surface area contributed by atoms with Crippen molar-refractivity contribution in [2.45, 2.75) is 32.3 Å². The minimum Gasteiger partial charge on any atom is -0.534 e. The molecule has 98 valence electrons. The lowest BCUT2D eigenvalue weighted by Gasteiger charge is -2.18. The van der Waals surface area contributed by atoms with Crippen LogP contribution >= 0.6 is 0 Å². The highest BCUT2D eigenvalue weighted by Gasteiger charge is 2.42. The van der Waals surface area contributed by atoms with Crippen molar-refractivity contribution in [1.82, 2.24) is 0 Å². The minimum atomic E-state index is -0.464. The highest BCUT2D eigenvalue weighted by molar-refractivity contribution is 6.62. The first kappa shape index (κ1) is 12.3. The quantitative estimate of drug-likeness (QED) is 0.777. The third kappa shape index (κ3) is 2.14. The van der Waals surface area contributed by atoms with E-state index in [4.69, 9.17) is 9.31 Å². The van der Waals surface area contributed by atoms with E-state index in [2.05, 4.69) is 11.9 Å². The van der Waals surface area contributed by atoms with E-state index in [0.717, 1.165) is 23.1 Å². The Morgan fingerprint density at radius 2 is 2.16 bits per heavy atom. The topological polar surface area (TPSA) is 47.6 Å². The number of fused-ring (bicyclic) bond motifs is 1. The van der Waals surface area contributed by atoms with E-state index < -0.39 is 12.7 Å². The summed E-state index contributed by atoms with van der Waals surface area (Å²) in [6.45, 7) is 7.75. The van der Waals surface area contributed by atoms with Gasteiger partial charge in [-0.15, -0.1) is 0 Å². The second kappa shape index (κ2) is 4.13. The Morgan fingerprint density at radius 1 is 1.37 bits per heavy atom. The molecule has 0 radical (unpaired) electrons. The van der Waals surface area contributed by atoms with Gasteiger partial charge in [0.1, 0.15) is 5.60 Å². The van der Waals surface area contributed by atoms with Gasteiger partial charge in [0.2, 0.25) is 5.91 Å². The summed E-state index contributed by atoms with van der Waals surface area (Å²) in [5.41, 5.74) is 2.51. The van der Waals surface area contributed by atoms with Crippen LogP contribution in [0.2, 0.25) is 0 Å². The standard InChI is InChI=1S/C14H16BNO3/c1-9-14(2,3)19-15(18-9)11-5-6-12-10(8-11)4-7-13(17)16-12/h5-6,8H,1,4,7H2,2-3H3,(H,16,17). The van der Waals surface area contributed by atoms with Gasteiger partial charge >= 0.3 is 7.12 Å². The molecular weight excluding hydrogens is 241 g/mol. The number of nitrogens with one attached hydrogen (secondary N) is 1. The molecule has 0 saturated carbocycles. The Balaban J connectivity index is 1.88. The van der Waals surface area contributed by atoms with E-state index >= 15 is 0 Å². The fourth-order valence-electron chi connectivity index (χ4n) is 2.31. The Morgan fingerprint density at radius 3 is 2.84 bits per heavy atom. The molecule has 1 aromatic rings. The zero-order valence-corrected chi connectivity index (χ0v) is 11.2. The van der Waals surface area contributed by atoms with E-state index in [1.165, 1.54) is 0 Å². The molecule has 2 heterocycles. The maximum atomic E-state index is 11.3. The molecule has 1 saturated heterocycles. The molecule has 2 aliphatic rings. The molecular formula is C14H16BNO3. The predicted molar refractivity (Wildman–Crippen MR) is 74.2 cm³/mol. The molecule has 0 unspecified atom stereocenters. The number of hydrogen-bond donors (Lipinski definition) is 1. The van der Waals surface area contributed by atoms with Crippen LogP contribution in [0.3, 0.4) is 0 Å². The molecule has 1 aromatic carbocycles. The van der Waals surface area contributed by atoms with Crippen LogP contribution in [0.15, 0.2) is 30.5 Å². The number of carbonyl (C=O) groups excluding carboxylic acids is 1. The fraction of sp³-hybridized carbons (Fsp3) is 0.357. The van der Waals surface area contributed by atoms with Crippen LogP contribution in [0, 0.1) is 0 Å². The number of rotatable bonds is 1. The number of aryl methyl sites for hydroxylation is 1. The zero-order valence-electron chi connectivity index (χ0n) is 11.2. The van der Waals surface area contributed by atoms with Crippen molar-refractivity contribution in [3.63, 3.8) is 0 Å². The first-order valence-electron chi connectivity index (χ1n) is 6.42. The van der Waals surface area contributed by atoms with Crippen molar-refractivity contribution in [2.75, 3.05) is 5.32 Å². The largest absolute Gasteiger partial charge is 0.563 e. The summed E-state index contributed by atoms with van der Waals surface area (Å²) in [4.78, 5) is 11.3. The summed E-state index contributed by atoms with van der Waals surface area (Å²) < 4.78 is 11.5. The highest BCUT2D eigenvalue weighted by atomic mass is 16.7. The summed E-state index contributed by atoms with van der Waals surface area (Å²) in [5, 5.41) is 2.86. The van der Waals surface area contributed by atoms with Crippen LogP contribution in [0.4, 0.5) is 5.69 Å². The predicted octanol–water partition coefficient (Wildman–Crippen LogP) is 1.61. The molecule has 4 nitrogen and oxygen atoms in total. The molecule has 1 N–H and O–H groups in total. The summed E-state index contributed by atoms with van der Waals surface area (Å²) >= 11 is 0. The Bertz CT molecular complexity index is 568.